The molecule has 0 aliphatic carbocycles. The molecule has 3 aromatic rings. The molecule has 3 rings (SSSR count). The summed E-state index contributed by atoms with van der Waals surface area (Å²) < 4.78 is 43.0. The van der Waals surface area contributed by atoms with Crippen molar-refractivity contribution in [3.05, 3.63) is 58.6 Å². The van der Waals surface area contributed by atoms with E-state index in [1.54, 1.807) is 12.1 Å². The zero-order valence-electron chi connectivity index (χ0n) is 14.2. The number of amides is 1. The number of nitriles is 1. The first-order valence-electron chi connectivity index (χ1n) is 7.72. The van der Waals surface area contributed by atoms with E-state index in [0.29, 0.717) is 11.4 Å². The number of rotatable bonds is 4. The van der Waals surface area contributed by atoms with Crippen LogP contribution in [0.3, 0.4) is 0 Å². The molecule has 28 heavy (non-hydrogen) atoms. The number of nitrogens with zero attached hydrogens (tertiary/aromatic N) is 3. The average molecular weight is 404 g/mol. The van der Waals surface area contributed by atoms with E-state index in [9.17, 15) is 23.2 Å². The van der Waals surface area contributed by atoms with Gasteiger partial charge in [-0.25, -0.2) is 4.98 Å². The summed E-state index contributed by atoms with van der Waals surface area (Å²) in [6.07, 6.45) is -2.99. The fourth-order valence-electron chi connectivity index (χ4n) is 2.27. The highest BCUT2D eigenvalue weighted by Crippen LogP contribution is 2.32. The van der Waals surface area contributed by atoms with Gasteiger partial charge >= 0.3 is 6.18 Å². The second kappa shape index (κ2) is 7.66. The topological polar surface area (TPSA) is 87.9 Å². The van der Waals surface area contributed by atoms with Crippen LogP contribution in [0.1, 0.15) is 20.8 Å². The summed E-state index contributed by atoms with van der Waals surface area (Å²) in [4.78, 5) is 20.9. The van der Waals surface area contributed by atoms with Crippen LogP contribution in [0.2, 0.25) is 0 Å². The van der Waals surface area contributed by atoms with Crippen molar-refractivity contribution in [2.24, 2.45) is 0 Å². The van der Waals surface area contributed by atoms with E-state index in [1.807, 2.05) is 6.07 Å². The number of benzene rings is 1. The van der Waals surface area contributed by atoms with Gasteiger partial charge in [-0.2, -0.15) is 18.4 Å². The number of aromatic nitrogens is 2. The van der Waals surface area contributed by atoms with Gasteiger partial charge in [0.25, 0.3) is 5.91 Å². The van der Waals surface area contributed by atoms with Gasteiger partial charge in [-0.15, -0.1) is 0 Å². The van der Waals surface area contributed by atoms with Gasteiger partial charge in [0.2, 0.25) is 0 Å². The van der Waals surface area contributed by atoms with Gasteiger partial charge in [-0.3, -0.25) is 15.1 Å². The molecule has 0 bridgehead atoms. The average Bonchev–Trinajstić information content (AvgIpc) is 3.10. The minimum absolute atomic E-state index is 0.0303. The van der Waals surface area contributed by atoms with Crippen LogP contribution in [0.4, 0.5) is 18.3 Å². The maximum Gasteiger partial charge on any atom is 0.416 e. The number of carbonyl (C=O) groups is 1. The van der Waals surface area contributed by atoms with Crippen molar-refractivity contribution < 1.29 is 22.7 Å². The first-order chi connectivity index (χ1) is 13.3. The van der Waals surface area contributed by atoms with E-state index in [1.165, 1.54) is 13.3 Å². The molecule has 1 N–H and O–H groups in total. The number of hydrogen-bond acceptors (Lipinski definition) is 6. The van der Waals surface area contributed by atoms with E-state index in [2.05, 4.69) is 15.3 Å². The summed E-state index contributed by atoms with van der Waals surface area (Å²) >= 11 is 0.933. The van der Waals surface area contributed by atoms with Crippen molar-refractivity contribution in [3.8, 4) is 23.2 Å². The Morgan fingerprint density at radius 2 is 1.96 bits per heavy atom. The molecule has 142 valence electrons. The Hall–Kier alpha value is -3.45. The maximum atomic E-state index is 12.6. The molecular weight excluding hydrogens is 393 g/mol. The number of anilines is 1. The zero-order chi connectivity index (χ0) is 20.3. The lowest BCUT2D eigenvalue weighted by Crippen LogP contribution is -2.12. The van der Waals surface area contributed by atoms with Crippen LogP contribution in [0.5, 0.6) is 5.75 Å². The summed E-state index contributed by atoms with van der Waals surface area (Å²) in [7, 11) is 1.49. The molecule has 0 saturated heterocycles. The lowest BCUT2D eigenvalue weighted by atomic mass is 10.1. The second-order valence-corrected chi connectivity index (χ2v) is 6.42. The molecule has 0 aliphatic heterocycles. The lowest BCUT2D eigenvalue weighted by molar-refractivity contribution is -0.137. The van der Waals surface area contributed by atoms with Gasteiger partial charge in [0.1, 0.15) is 22.4 Å². The fourth-order valence-corrected chi connectivity index (χ4v) is 3.04. The van der Waals surface area contributed by atoms with E-state index < -0.39 is 17.6 Å². The van der Waals surface area contributed by atoms with Crippen LogP contribution in [-0.4, -0.2) is 23.0 Å². The van der Waals surface area contributed by atoms with E-state index >= 15 is 0 Å². The number of ether oxygens (including phenoxy) is 1. The second-order valence-electron chi connectivity index (χ2n) is 5.42. The van der Waals surface area contributed by atoms with E-state index in [4.69, 9.17) is 4.74 Å². The minimum Gasteiger partial charge on any atom is -0.497 e. The Morgan fingerprint density at radius 3 is 2.57 bits per heavy atom. The Morgan fingerprint density at radius 1 is 1.25 bits per heavy atom. The third kappa shape index (κ3) is 4.10. The fraction of sp³-hybridized carbons (Fsp3) is 0.111. The number of nitrogens with one attached hydrogen (secondary N) is 1. The van der Waals surface area contributed by atoms with Crippen molar-refractivity contribution in [1.29, 1.82) is 5.26 Å². The standard InChI is InChI=1S/C18H11F3N4O2S/c1-27-12-6-7-23-13(8-12)15-14(9-22)28-17(24-15)25-16(26)10-2-4-11(5-3-10)18(19,20)21/h2-8H,1H3,(H,24,25,26). The minimum atomic E-state index is -4.48. The van der Waals surface area contributed by atoms with Gasteiger partial charge in [0, 0.05) is 17.8 Å². The van der Waals surface area contributed by atoms with Crippen LogP contribution in [0.15, 0.2) is 42.6 Å². The number of alkyl halides is 3. The van der Waals surface area contributed by atoms with Gasteiger partial charge < -0.3 is 4.74 Å². The highest BCUT2D eigenvalue weighted by molar-refractivity contribution is 7.16. The van der Waals surface area contributed by atoms with Crippen molar-refractivity contribution >= 4 is 22.4 Å². The normalized spacial score (nSPS) is 11.0. The number of hydrogen-bond donors (Lipinski definition) is 1. The van der Waals surface area contributed by atoms with Crippen LogP contribution in [-0.2, 0) is 6.18 Å². The molecule has 10 heteroatoms. The summed E-state index contributed by atoms with van der Waals surface area (Å²) in [6.45, 7) is 0. The van der Waals surface area contributed by atoms with Crippen molar-refractivity contribution in [1.82, 2.24) is 9.97 Å². The predicted octanol–water partition coefficient (Wildman–Crippen LogP) is 4.36. The largest absolute Gasteiger partial charge is 0.497 e. The summed E-state index contributed by atoms with van der Waals surface area (Å²) in [5.41, 5.74) is -0.157. The molecule has 0 aliphatic rings. The quantitative estimate of drug-likeness (QED) is 0.698. The highest BCUT2D eigenvalue weighted by Gasteiger charge is 2.30. The maximum absolute atomic E-state index is 12.6. The Balaban J connectivity index is 1.84. The molecule has 0 unspecified atom stereocenters. The van der Waals surface area contributed by atoms with Crippen molar-refractivity contribution in [2.45, 2.75) is 6.18 Å². The number of thiazole rings is 1. The SMILES string of the molecule is COc1ccnc(-c2nc(NC(=O)c3ccc(C(F)(F)F)cc3)sc2C#N)c1. The number of pyridine rings is 1. The molecule has 0 fully saturated rings. The van der Waals surface area contributed by atoms with Gasteiger partial charge in [0.05, 0.1) is 18.4 Å². The summed E-state index contributed by atoms with van der Waals surface area (Å²) in [5, 5.41) is 11.9. The zero-order valence-corrected chi connectivity index (χ0v) is 15.1. The third-order valence-corrected chi connectivity index (χ3v) is 4.51. The lowest BCUT2D eigenvalue weighted by Gasteiger charge is -2.07. The number of carbonyl (C=O) groups excluding carboxylic acids is 1. The Bertz CT molecular complexity index is 1060. The van der Waals surface area contributed by atoms with Crippen LogP contribution in [0, 0.1) is 11.3 Å². The molecule has 0 atom stereocenters. The molecule has 0 saturated carbocycles. The highest BCUT2D eigenvalue weighted by atomic mass is 32.1. The molecule has 0 spiro atoms. The summed E-state index contributed by atoms with van der Waals surface area (Å²) in [6, 6.07) is 9.00. The molecule has 0 radical (unpaired) electrons. The third-order valence-electron chi connectivity index (χ3n) is 3.63. The van der Waals surface area contributed by atoms with Crippen molar-refractivity contribution in [3.63, 3.8) is 0 Å². The van der Waals surface area contributed by atoms with Gasteiger partial charge in [-0.1, -0.05) is 11.3 Å². The first-order valence-corrected chi connectivity index (χ1v) is 8.53. The molecule has 2 heterocycles. The predicted molar refractivity (Wildman–Crippen MR) is 96.0 cm³/mol. The number of halogens is 3. The summed E-state index contributed by atoms with van der Waals surface area (Å²) in [5.74, 6) is -0.116. The van der Waals surface area contributed by atoms with Crippen LogP contribution < -0.4 is 10.1 Å². The van der Waals surface area contributed by atoms with Crippen LogP contribution in [0.25, 0.3) is 11.4 Å². The van der Waals surface area contributed by atoms with E-state index in [0.717, 1.165) is 35.6 Å². The molecular formula is C18H11F3N4O2S. The Kier molecular flexibility index (Phi) is 5.28. The number of methoxy groups -OCH3 is 1. The monoisotopic (exact) mass is 404 g/mol. The molecule has 1 aromatic carbocycles. The van der Waals surface area contributed by atoms with Crippen molar-refractivity contribution in [2.75, 3.05) is 12.4 Å². The Labute approximate surface area is 161 Å². The van der Waals surface area contributed by atoms with Gasteiger partial charge in [-0.05, 0) is 30.3 Å². The van der Waals surface area contributed by atoms with Crippen LogP contribution >= 0.6 is 11.3 Å². The molecule has 6 nitrogen and oxygen atoms in total. The smallest absolute Gasteiger partial charge is 0.416 e. The molecule has 1 amide bonds. The first kappa shape index (κ1) is 19.3. The van der Waals surface area contributed by atoms with E-state index in [-0.39, 0.29) is 21.3 Å². The van der Waals surface area contributed by atoms with Gasteiger partial charge in [0.15, 0.2) is 5.13 Å². The molecule has 2 aromatic heterocycles.